The van der Waals surface area contributed by atoms with Gasteiger partial charge < -0.3 is 29.4 Å². The Kier molecular flexibility index (Phi) is 34.2. The molecule has 0 saturated heterocycles. The smallest absolute Gasteiger partial charge is 0.482 e. The molecule has 7 heterocycles. The number of carbonyl (C=O) groups is 5. The lowest BCUT2D eigenvalue weighted by Gasteiger charge is -2.18. The summed E-state index contributed by atoms with van der Waals surface area (Å²) in [5.74, 6) is -0.147. The van der Waals surface area contributed by atoms with Crippen LogP contribution in [0.15, 0.2) is 222 Å². The second-order valence-electron chi connectivity index (χ2n) is 26.4. The topological polar surface area (TPSA) is 180 Å². The van der Waals surface area contributed by atoms with E-state index in [-0.39, 0.29) is 24.6 Å². The first-order valence-electron chi connectivity index (χ1n) is 36.4. The fraction of sp³-hybridized carbons (Fsp3) is 0.221. The molecular formula is C86H71BBrF15N2O11S5. The number of fused-ring (bicyclic) bond motifs is 2. The molecule has 35 heteroatoms. The van der Waals surface area contributed by atoms with Crippen LogP contribution in [0, 0.1) is 0 Å². The normalized spacial score (nSPS) is 13.0. The second-order valence-corrected chi connectivity index (χ2v) is 33.5. The highest BCUT2D eigenvalue weighted by Crippen LogP contribution is 2.40. The van der Waals surface area contributed by atoms with E-state index >= 15 is 0 Å². The number of carboxylic acids is 1. The minimum atomic E-state index is -4.39. The summed E-state index contributed by atoms with van der Waals surface area (Å²) in [6.45, 7) is 6.79. The van der Waals surface area contributed by atoms with Crippen LogP contribution >= 0.6 is 72.6 Å². The summed E-state index contributed by atoms with van der Waals surface area (Å²) >= 11 is 10.4. The Labute approximate surface area is 712 Å². The van der Waals surface area contributed by atoms with Crippen LogP contribution in [-0.4, -0.2) is 109 Å². The largest absolute Gasteiger partial charge is 0.488 e. The van der Waals surface area contributed by atoms with E-state index in [1.165, 1.54) is 110 Å². The fourth-order valence-corrected chi connectivity index (χ4v) is 16.8. The van der Waals surface area contributed by atoms with Gasteiger partial charge in [-0.05, 0) is 232 Å². The van der Waals surface area contributed by atoms with E-state index in [0.717, 1.165) is 201 Å². The Morgan fingerprint density at radius 1 is 0.397 bits per heavy atom. The SMILES string of the molecule is CCOC(=O)COc1ccc2c(c1)CCN(Cc1ccc(-c3ccc(C(F)(F)F)cc3)s1)CC2.O=C(O)COc1ccc2c(c1)CCN(Cc1ccc(-c3ccc(C(F)(F)F)cc3)s1)CC2.O=Cc1ccc(-c2ccc(C(F)(F)F)cc2)s1.O=Cc1ccc(-c2ccc(C(F)(F)F)cc2)s1.O=Cc1ccc(Br)s1.OB(O)c1ccc(C(F)(F)F)cc1. The maximum absolute atomic E-state index is 12.8. The molecule has 0 amide bonds. The average molecular weight is 1840 g/mol. The van der Waals surface area contributed by atoms with Gasteiger partial charge in [0.25, 0.3) is 0 Å². The third kappa shape index (κ3) is 29.6. The van der Waals surface area contributed by atoms with Gasteiger partial charge in [-0.1, -0.05) is 84.9 Å². The fourth-order valence-electron chi connectivity index (χ4n) is 11.8. The minimum absolute atomic E-state index is 0.0352. The number of thiophene rings is 5. The van der Waals surface area contributed by atoms with Crippen molar-refractivity contribution in [3.8, 4) is 53.3 Å². The molecule has 636 valence electrons. The number of nitrogens with zero attached hydrogens (tertiary/aromatic N) is 2. The predicted molar refractivity (Wildman–Crippen MR) is 442 cm³/mol. The predicted octanol–water partition coefficient (Wildman–Crippen LogP) is 22.7. The molecule has 5 aromatic heterocycles. The number of aliphatic carboxylic acids is 1. The molecule has 0 spiro atoms. The lowest BCUT2D eigenvalue weighted by molar-refractivity contribution is -0.145. The highest BCUT2D eigenvalue weighted by molar-refractivity contribution is 9.11. The van der Waals surface area contributed by atoms with Gasteiger partial charge in [-0.25, -0.2) is 9.59 Å². The molecule has 2 aliphatic rings. The molecule has 3 N–H and O–H groups in total. The molecule has 0 saturated carbocycles. The number of rotatable bonds is 19. The quantitative estimate of drug-likeness (QED) is 0.0301. The van der Waals surface area contributed by atoms with Gasteiger partial charge in [0.2, 0.25) is 0 Å². The average Bonchev–Trinajstić information content (AvgIpc) is 1.72. The van der Waals surface area contributed by atoms with Gasteiger partial charge in [0, 0.05) is 68.5 Å². The number of aldehydes is 3. The van der Waals surface area contributed by atoms with E-state index in [4.69, 9.17) is 29.4 Å². The Hall–Kier alpha value is -10.1. The molecule has 121 heavy (non-hydrogen) atoms. The van der Waals surface area contributed by atoms with E-state index in [1.54, 1.807) is 59.9 Å². The van der Waals surface area contributed by atoms with Crippen molar-refractivity contribution in [1.82, 2.24) is 9.80 Å². The van der Waals surface area contributed by atoms with Gasteiger partial charge in [-0.3, -0.25) is 24.2 Å². The Morgan fingerprint density at radius 3 is 0.992 bits per heavy atom. The van der Waals surface area contributed by atoms with Crippen molar-refractivity contribution in [3.05, 3.63) is 297 Å². The number of hydrogen-bond acceptors (Lipinski definition) is 17. The van der Waals surface area contributed by atoms with Gasteiger partial charge in [0.05, 0.1) is 52.8 Å². The molecule has 14 rings (SSSR count). The molecule has 0 atom stereocenters. The highest BCUT2D eigenvalue weighted by Gasteiger charge is 2.34. The number of benzene rings is 7. The molecule has 0 unspecified atom stereocenters. The van der Waals surface area contributed by atoms with Crippen LogP contribution in [0.3, 0.4) is 0 Å². The summed E-state index contributed by atoms with van der Waals surface area (Å²) in [4.78, 5) is 65.7. The summed E-state index contributed by atoms with van der Waals surface area (Å²) in [6, 6.07) is 54.1. The standard InChI is InChI=1S/C26H26F3NO3S.C24H22F3NO3S.2C12H7F3OS.C7H6BF3O2.C5H3BrOS/c1-2-32-25(31)17-33-22-8-5-18-11-13-30(14-12-20(18)15-22)16-23-9-10-24(34-23)19-3-6-21(7-4-19)26(27,28)29;25-24(26,27)19-4-1-17(2-5-19)22-8-7-21(32-22)14-28-11-9-16-3-6-20(31-15-23(29)30)13-18(16)10-12-28;2*13-12(14,15)9-3-1-8(2-4-9)11-6-5-10(7-16)17-11;9-7(10,11)5-1-3-6(4-2-5)8(12)13;6-5-2-1-4(3-7)8-5/h3-10,15H,2,11-14,16-17H2,1H3;1-8,13H,9-12,14-15H2,(H,29,30);2*1-7H;1-4,12-13H;1-3H. The van der Waals surface area contributed by atoms with Crippen molar-refractivity contribution in [2.24, 2.45) is 0 Å². The summed E-state index contributed by atoms with van der Waals surface area (Å²) in [5, 5.41) is 26.0. The van der Waals surface area contributed by atoms with E-state index in [9.17, 15) is 89.8 Å². The first-order valence-corrected chi connectivity index (χ1v) is 41.2. The summed E-state index contributed by atoms with van der Waals surface area (Å²) in [7, 11) is -1.73. The van der Waals surface area contributed by atoms with Crippen molar-refractivity contribution in [1.29, 1.82) is 0 Å². The Morgan fingerprint density at radius 2 is 0.702 bits per heavy atom. The van der Waals surface area contributed by atoms with Crippen molar-refractivity contribution in [3.63, 3.8) is 0 Å². The lowest BCUT2D eigenvalue weighted by atomic mass is 9.80. The molecule has 0 radical (unpaired) electrons. The molecular weight excluding hydrogens is 1770 g/mol. The molecule has 0 fully saturated rings. The van der Waals surface area contributed by atoms with Crippen molar-refractivity contribution >= 4 is 116 Å². The maximum Gasteiger partial charge on any atom is 0.488 e. The van der Waals surface area contributed by atoms with Crippen LogP contribution in [0.1, 0.15) is 95.8 Å². The molecule has 12 aromatic rings. The van der Waals surface area contributed by atoms with E-state index in [1.807, 2.05) is 54.6 Å². The van der Waals surface area contributed by atoms with Gasteiger partial charge in [-0.15, -0.1) is 56.7 Å². The van der Waals surface area contributed by atoms with Crippen LogP contribution in [-0.2, 0) is 84.0 Å². The van der Waals surface area contributed by atoms with Crippen molar-refractivity contribution in [2.75, 3.05) is 46.0 Å². The summed E-state index contributed by atoms with van der Waals surface area (Å²) in [6.07, 6.45) is -15.9. The van der Waals surface area contributed by atoms with Crippen LogP contribution in [0.25, 0.3) is 41.8 Å². The number of alkyl halides is 15. The highest BCUT2D eigenvalue weighted by atomic mass is 79.9. The number of halogens is 16. The van der Waals surface area contributed by atoms with Crippen molar-refractivity contribution in [2.45, 2.75) is 76.6 Å². The number of carbonyl (C=O) groups excluding carboxylic acids is 4. The van der Waals surface area contributed by atoms with Crippen LogP contribution in [0.4, 0.5) is 65.9 Å². The molecule has 0 aliphatic carbocycles. The van der Waals surface area contributed by atoms with E-state index in [2.05, 4.69) is 37.9 Å². The third-order valence-corrected chi connectivity index (χ3v) is 23.9. The Balaban J connectivity index is 0.000000175. The second kappa shape index (κ2) is 43.6. The zero-order chi connectivity index (χ0) is 87.8. The van der Waals surface area contributed by atoms with E-state index < -0.39 is 71.8 Å². The number of hydrogen-bond donors (Lipinski definition) is 3. The number of ether oxygens (including phenoxy) is 3. The molecule has 0 bridgehead atoms. The number of carboxylic acid groups (broad SMARTS) is 1. The molecule has 7 aromatic carbocycles. The van der Waals surface area contributed by atoms with Crippen LogP contribution in [0.2, 0.25) is 0 Å². The zero-order valence-corrected chi connectivity index (χ0v) is 69.0. The van der Waals surface area contributed by atoms with Crippen LogP contribution in [0.5, 0.6) is 11.5 Å². The summed E-state index contributed by atoms with van der Waals surface area (Å²) in [5.41, 5.74) is 4.46. The van der Waals surface area contributed by atoms with Gasteiger partial charge in [-0.2, -0.15) is 65.9 Å². The third-order valence-electron chi connectivity index (χ3n) is 18.0. The first kappa shape index (κ1) is 94.8. The van der Waals surface area contributed by atoms with Gasteiger partial charge in [0.1, 0.15) is 11.5 Å². The van der Waals surface area contributed by atoms with Gasteiger partial charge in [0.15, 0.2) is 32.1 Å². The van der Waals surface area contributed by atoms with E-state index in [0.29, 0.717) is 39.0 Å². The lowest BCUT2D eigenvalue weighted by Crippen LogP contribution is -2.29. The maximum atomic E-state index is 12.8. The summed E-state index contributed by atoms with van der Waals surface area (Å²) < 4.78 is 204. The molecule has 13 nitrogen and oxygen atoms in total. The van der Waals surface area contributed by atoms with Gasteiger partial charge >= 0.3 is 49.9 Å². The van der Waals surface area contributed by atoms with Crippen LogP contribution < -0.4 is 14.9 Å². The monoisotopic (exact) mass is 1840 g/mol. The first-order chi connectivity index (χ1) is 57.3. The number of esters is 1. The zero-order valence-electron chi connectivity index (χ0n) is 63.4. The van der Waals surface area contributed by atoms with Crippen molar-refractivity contribution < 1.29 is 119 Å². The minimum Gasteiger partial charge on any atom is -0.482 e. The molecule has 2 aliphatic heterocycles. The Bertz CT molecular complexity index is 5260.